The summed E-state index contributed by atoms with van der Waals surface area (Å²) in [6.07, 6.45) is 0. The number of ether oxygens (including phenoxy) is 2. The molecule has 1 aromatic heterocycles. The Labute approximate surface area is 133 Å². The van der Waals surface area contributed by atoms with Crippen molar-refractivity contribution in [2.45, 2.75) is 5.16 Å². The molecule has 0 atom stereocenters. The van der Waals surface area contributed by atoms with E-state index >= 15 is 0 Å². The van der Waals surface area contributed by atoms with Gasteiger partial charge < -0.3 is 19.4 Å². The molecule has 118 valence electrons. The summed E-state index contributed by atoms with van der Waals surface area (Å²) >= 11 is 1.33. The first-order chi connectivity index (χ1) is 10.6. The Morgan fingerprint density at radius 1 is 1.27 bits per heavy atom. The zero-order valence-corrected chi connectivity index (χ0v) is 13.7. The van der Waals surface area contributed by atoms with Crippen LogP contribution < -0.4 is 14.8 Å². The molecule has 0 unspecified atom stereocenters. The minimum absolute atomic E-state index is 0.0549. The van der Waals surface area contributed by atoms with E-state index in [0.717, 1.165) is 5.56 Å². The maximum atomic E-state index is 11.3. The molecule has 22 heavy (non-hydrogen) atoms. The van der Waals surface area contributed by atoms with Gasteiger partial charge in [-0.2, -0.15) is 0 Å². The summed E-state index contributed by atoms with van der Waals surface area (Å²) in [7, 11) is 6.64. The van der Waals surface area contributed by atoms with E-state index in [9.17, 15) is 4.79 Å². The van der Waals surface area contributed by atoms with Gasteiger partial charge in [-0.3, -0.25) is 4.79 Å². The third-order valence-corrected chi connectivity index (χ3v) is 4.11. The number of aromatic nitrogens is 3. The van der Waals surface area contributed by atoms with E-state index in [4.69, 9.17) is 9.47 Å². The number of nitrogens with one attached hydrogen (secondary N) is 1. The van der Waals surface area contributed by atoms with Crippen LogP contribution in [0.3, 0.4) is 0 Å². The van der Waals surface area contributed by atoms with Crippen molar-refractivity contribution in [3.63, 3.8) is 0 Å². The number of rotatable bonds is 6. The largest absolute Gasteiger partial charge is 0.493 e. The van der Waals surface area contributed by atoms with Gasteiger partial charge in [-0.05, 0) is 18.2 Å². The number of amides is 1. The van der Waals surface area contributed by atoms with Crippen molar-refractivity contribution in [2.24, 2.45) is 7.05 Å². The van der Waals surface area contributed by atoms with Crippen LogP contribution in [0, 0.1) is 0 Å². The summed E-state index contributed by atoms with van der Waals surface area (Å²) < 4.78 is 12.4. The summed E-state index contributed by atoms with van der Waals surface area (Å²) in [6.45, 7) is 0. The first kappa shape index (κ1) is 16.2. The number of nitrogens with zero attached hydrogens (tertiary/aromatic N) is 3. The number of hydrogen-bond donors (Lipinski definition) is 1. The SMILES string of the molecule is CNC(=O)CSc1nnc(-c2ccc(OC)c(OC)c2)n1C. The Hall–Kier alpha value is -2.22. The van der Waals surface area contributed by atoms with Crippen molar-refractivity contribution in [3.05, 3.63) is 18.2 Å². The highest BCUT2D eigenvalue weighted by Gasteiger charge is 2.14. The third kappa shape index (κ3) is 3.33. The van der Waals surface area contributed by atoms with Gasteiger partial charge in [0.05, 0.1) is 20.0 Å². The minimum Gasteiger partial charge on any atom is -0.493 e. The predicted molar refractivity (Wildman–Crippen MR) is 84.3 cm³/mol. The average Bonchev–Trinajstić information content (AvgIpc) is 2.92. The van der Waals surface area contributed by atoms with Crippen LogP contribution in [0.25, 0.3) is 11.4 Å². The summed E-state index contributed by atoms with van der Waals surface area (Å²) in [5.41, 5.74) is 0.861. The Morgan fingerprint density at radius 2 is 2.00 bits per heavy atom. The van der Waals surface area contributed by atoms with Gasteiger partial charge in [0.2, 0.25) is 5.91 Å². The second-order valence-corrected chi connectivity index (χ2v) is 5.34. The molecule has 0 saturated heterocycles. The lowest BCUT2D eigenvalue weighted by Crippen LogP contribution is -2.20. The summed E-state index contributed by atoms with van der Waals surface area (Å²) in [5, 5.41) is 11.6. The number of thioether (sulfide) groups is 1. The van der Waals surface area contributed by atoms with Crippen LogP contribution in [-0.2, 0) is 11.8 Å². The van der Waals surface area contributed by atoms with Crippen molar-refractivity contribution < 1.29 is 14.3 Å². The maximum Gasteiger partial charge on any atom is 0.230 e. The molecule has 0 radical (unpaired) electrons. The van der Waals surface area contributed by atoms with Crippen LogP contribution in [0.2, 0.25) is 0 Å². The Balaban J connectivity index is 2.26. The van der Waals surface area contributed by atoms with Crippen LogP contribution >= 0.6 is 11.8 Å². The van der Waals surface area contributed by atoms with Crippen molar-refractivity contribution in [1.82, 2.24) is 20.1 Å². The van der Waals surface area contributed by atoms with E-state index in [1.165, 1.54) is 11.8 Å². The summed E-state index contributed by atoms with van der Waals surface area (Å²) in [4.78, 5) is 11.3. The fourth-order valence-corrected chi connectivity index (χ4v) is 2.65. The van der Waals surface area contributed by atoms with Crippen LogP contribution in [0.4, 0.5) is 0 Å². The molecule has 0 saturated carbocycles. The first-order valence-corrected chi connectivity index (χ1v) is 7.54. The fourth-order valence-electron chi connectivity index (χ4n) is 1.87. The smallest absolute Gasteiger partial charge is 0.230 e. The standard InChI is InChI=1S/C14H18N4O3S/c1-15-12(19)8-22-14-17-16-13(18(14)2)9-5-6-10(20-3)11(7-9)21-4/h5-7H,8H2,1-4H3,(H,15,19). The van der Waals surface area contributed by atoms with Crippen molar-refractivity contribution >= 4 is 17.7 Å². The van der Waals surface area contributed by atoms with Gasteiger partial charge in [-0.1, -0.05) is 11.8 Å². The van der Waals surface area contributed by atoms with Crippen LogP contribution in [0.1, 0.15) is 0 Å². The molecule has 0 fully saturated rings. The topological polar surface area (TPSA) is 78.3 Å². The molecule has 8 heteroatoms. The highest BCUT2D eigenvalue weighted by atomic mass is 32.2. The normalized spacial score (nSPS) is 10.4. The van der Waals surface area contributed by atoms with Crippen molar-refractivity contribution in [1.29, 1.82) is 0 Å². The van der Waals surface area contributed by atoms with E-state index < -0.39 is 0 Å². The molecule has 1 N–H and O–H groups in total. The number of hydrogen-bond acceptors (Lipinski definition) is 6. The molecule has 2 aromatic rings. The molecular weight excluding hydrogens is 304 g/mol. The molecule has 0 aliphatic heterocycles. The number of methoxy groups -OCH3 is 2. The highest BCUT2D eigenvalue weighted by molar-refractivity contribution is 7.99. The third-order valence-electron chi connectivity index (χ3n) is 3.09. The van der Waals surface area contributed by atoms with Crippen LogP contribution in [0.15, 0.2) is 23.4 Å². The molecule has 0 spiro atoms. The summed E-state index contributed by atoms with van der Waals surface area (Å²) in [5.74, 6) is 2.22. The van der Waals surface area contributed by atoms with Gasteiger partial charge in [0, 0.05) is 19.7 Å². The van der Waals surface area contributed by atoms with E-state index in [1.54, 1.807) is 21.3 Å². The predicted octanol–water partition coefficient (Wildman–Crippen LogP) is 1.34. The van der Waals surface area contributed by atoms with E-state index in [0.29, 0.717) is 28.2 Å². The van der Waals surface area contributed by atoms with Gasteiger partial charge in [0.1, 0.15) is 0 Å². The van der Waals surface area contributed by atoms with Crippen molar-refractivity contribution in [2.75, 3.05) is 27.0 Å². The number of carbonyl (C=O) groups is 1. The van der Waals surface area contributed by atoms with Gasteiger partial charge in [-0.15, -0.1) is 10.2 Å². The fraction of sp³-hybridized carbons (Fsp3) is 0.357. The molecule has 1 amide bonds. The molecule has 2 rings (SSSR count). The molecule has 0 bridgehead atoms. The summed E-state index contributed by atoms with van der Waals surface area (Å²) in [6, 6.07) is 5.55. The lowest BCUT2D eigenvalue weighted by Gasteiger charge is -2.09. The van der Waals surface area contributed by atoms with Gasteiger partial charge in [-0.25, -0.2) is 0 Å². The molecular formula is C14H18N4O3S. The van der Waals surface area contributed by atoms with Gasteiger partial charge in [0.15, 0.2) is 22.5 Å². The van der Waals surface area contributed by atoms with Crippen LogP contribution in [-0.4, -0.2) is 47.7 Å². The Kier molecular flexibility index (Phi) is 5.26. The van der Waals surface area contributed by atoms with Crippen molar-refractivity contribution in [3.8, 4) is 22.9 Å². The Bertz CT molecular complexity index is 672. The van der Waals surface area contributed by atoms with Gasteiger partial charge >= 0.3 is 0 Å². The van der Waals surface area contributed by atoms with Gasteiger partial charge in [0.25, 0.3) is 0 Å². The average molecular weight is 322 g/mol. The number of benzene rings is 1. The van der Waals surface area contributed by atoms with E-state index in [1.807, 2.05) is 29.8 Å². The second kappa shape index (κ2) is 7.17. The lowest BCUT2D eigenvalue weighted by atomic mass is 10.2. The zero-order chi connectivity index (χ0) is 16.1. The molecule has 7 nitrogen and oxygen atoms in total. The lowest BCUT2D eigenvalue weighted by molar-refractivity contribution is -0.118. The maximum absolute atomic E-state index is 11.3. The zero-order valence-electron chi connectivity index (χ0n) is 12.9. The first-order valence-electron chi connectivity index (χ1n) is 6.55. The van der Waals surface area contributed by atoms with E-state index in [2.05, 4.69) is 15.5 Å². The minimum atomic E-state index is -0.0549. The molecule has 0 aliphatic rings. The number of carbonyl (C=O) groups excluding carboxylic acids is 1. The quantitative estimate of drug-likeness (QED) is 0.809. The molecule has 1 aromatic carbocycles. The Morgan fingerprint density at radius 3 is 2.64 bits per heavy atom. The highest BCUT2D eigenvalue weighted by Crippen LogP contribution is 2.32. The second-order valence-electron chi connectivity index (χ2n) is 4.40. The molecule has 0 aliphatic carbocycles. The van der Waals surface area contributed by atoms with E-state index in [-0.39, 0.29) is 5.91 Å². The monoisotopic (exact) mass is 322 g/mol. The molecule has 1 heterocycles. The van der Waals surface area contributed by atoms with Crippen LogP contribution in [0.5, 0.6) is 11.5 Å².